The lowest BCUT2D eigenvalue weighted by Crippen LogP contribution is -2.32. The van der Waals surface area contributed by atoms with Gasteiger partial charge in [0.2, 0.25) is 0 Å². The molecule has 0 saturated heterocycles. The minimum absolute atomic E-state index is 0.249. The standard InChI is InChI=1S/C21H26F2N3P/c1-3-5-18(16-6-4-7-20(21(22,23)27)24-11-10-16)25-14(2)26-19-13-15-8-9-17(19)12-15/h3-7,15-17,19,24,26H,2,8-9,12-13,27H2,1H3/b5-3-,6-4-,20-7-,25-18+. The molecule has 3 rings (SSSR count). The summed E-state index contributed by atoms with van der Waals surface area (Å²) in [6.45, 7) is 5.98. The van der Waals surface area contributed by atoms with Crippen LogP contribution in [0.25, 0.3) is 0 Å². The minimum atomic E-state index is -3.04. The van der Waals surface area contributed by atoms with E-state index in [4.69, 9.17) is 0 Å². The lowest BCUT2D eigenvalue weighted by Gasteiger charge is -2.24. The lowest BCUT2D eigenvalue weighted by atomic mass is 9.95. The first-order valence-corrected chi connectivity index (χ1v) is 9.93. The molecule has 0 amide bonds. The largest absolute Gasteiger partial charge is 0.368 e. The first kappa shape index (κ1) is 19.8. The number of halogens is 2. The van der Waals surface area contributed by atoms with Gasteiger partial charge in [-0.25, -0.2) is 4.99 Å². The molecule has 2 N–H and O–H groups in total. The van der Waals surface area contributed by atoms with Gasteiger partial charge in [-0.3, -0.25) is 0 Å². The van der Waals surface area contributed by atoms with Crippen molar-refractivity contribution in [3.63, 3.8) is 0 Å². The zero-order valence-corrected chi connectivity index (χ0v) is 16.7. The first-order valence-electron chi connectivity index (χ1n) is 9.35. The fourth-order valence-corrected chi connectivity index (χ4v) is 4.27. The van der Waals surface area contributed by atoms with E-state index in [0.29, 0.717) is 11.9 Å². The van der Waals surface area contributed by atoms with Crippen LogP contribution in [-0.4, -0.2) is 17.4 Å². The number of nitrogens with one attached hydrogen (secondary N) is 2. The summed E-state index contributed by atoms with van der Waals surface area (Å²) in [4.78, 5) is 4.65. The molecule has 0 radical (unpaired) electrons. The molecule has 0 spiro atoms. The highest BCUT2D eigenvalue weighted by molar-refractivity contribution is 7.18. The van der Waals surface area contributed by atoms with Gasteiger partial charge in [-0.2, -0.15) is 8.78 Å². The highest BCUT2D eigenvalue weighted by Crippen LogP contribution is 2.44. The number of aliphatic imine (C=N–C) groups is 1. The maximum absolute atomic E-state index is 13.4. The van der Waals surface area contributed by atoms with Crippen LogP contribution >= 0.6 is 9.24 Å². The highest BCUT2D eigenvalue weighted by Gasteiger charge is 2.39. The molecule has 6 heteroatoms. The van der Waals surface area contributed by atoms with E-state index in [9.17, 15) is 8.78 Å². The molecule has 3 nitrogen and oxygen atoms in total. The first-order chi connectivity index (χ1) is 12.9. The van der Waals surface area contributed by atoms with Crippen molar-refractivity contribution in [1.29, 1.82) is 0 Å². The Labute approximate surface area is 162 Å². The predicted octanol–water partition coefficient (Wildman–Crippen LogP) is 4.34. The third-order valence-electron chi connectivity index (χ3n) is 5.36. The zero-order valence-electron chi connectivity index (χ0n) is 15.5. The van der Waals surface area contributed by atoms with Gasteiger partial charge in [0.1, 0.15) is 5.82 Å². The smallest absolute Gasteiger partial charge is 0.298 e. The fraction of sp³-hybridized carbons (Fsp3) is 0.476. The lowest BCUT2D eigenvalue weighted by molar-refractivity contribution is 0.141. The quantitative estimate of drug-likeness (QED) is 0.403. The maximum atomic E-state index is 13.4. The summed E-state index contributed by atoms with van der Waals surface area (Å²) in [5.41, 5.74) is -2.55. The number of alkyl halides is 2. The van der Waals surface area contributed by atoms with Crippen molar-refractivity contribution in [2.75, 3.05) is 0 Å². The van der Waals surface area contributed by atoms with E-state index in [1.807, 2.05) is 19.1 Å². The molecule has 0 aromatic heterocycles. The van der Waals surface area contributed by atoms with E-state index in [0.717, 1.165) is 17.5 Å². The van der Waals surface area contributed by atoms with Gasteiger partial charge in [-0.1, -0.05) is 46.4 Å². The molecule has 1 heterocycles. The Morgan fingerprint density at radius 3 is 2.89 bits per heavy atom. The Bertz CT molecular complexity index is 765. The average molecular weight is 389 g/mol. The molecule has 5 atom stereocenters. The van der Waals surface area contributed by atoms with Crippen LogP contribution < -0.4 is 10.6 Å². The van der Waals surface area contributed by atoms with Crippen molar-refractivity contribution < 1.29 is 8.78 Å². The van der Waals surface area contributed by atoms with Crippen LogP contribution in [0, 0.1) is 29.7 Å². The van der Waals surface area contributed by atoms with Crippen LogP contribution in [-0.2, 0) is 0 Å². The molecule has 0 aromatic rings. The van der Waals surface area contributed by atoms with Crippen LogP contribution in [0.2, 0.25) is 0 Å². The van der Waals surface area contributed by atoms with Gasteiger partial charge in [0.15, 0.2) is 0 Å². The normalized spacial score (nSPS) is 33.3. The second kappa shape index (κ2) is 8.40. The summed E-state index contributed by atoms with van der Waals surface area (Å²) >= 11 is 0. The van der Waals surface area contributed by atoms with E-state index < -0.39 is 5.66 Å². The van der Waals surface area contributed by atoms with Crippen LogP contribution in [0.15, 0.2) is 53.5 Å². The summed E-state index contributed by atoms with van der Waals surface area (Å²) < 4.78 is 26.8. The van der Waals surface area contributed by atoms with E-state index in [1.165, 1.54) is 41.0 Å². The Balaban J connectivity index is 1.71. The van der Waals surface area contributed by atoms with Gasteiger partial charge < -0.3 is 10.6 Å². The van der Waals surface area contributed by atoms with Crippen molar-refractivity contribution in [2.45, 2.75) is 44.3 Å². The number of nitrogens with zero attached hydrogens (tertiary/aromatic N) is 1. The van der Waals surface area contributed by atoms with Crippen LogP contribution in [0.4, 0.5) is 8.78 Å². The predicted molar refractivity (Wildman–Crippen MR) is 110 cm³/mol. The van der Waals surface area contributed by atoms with Gasteiger partial charge in [-0.05, 0) is 50.2 Å². The van der Waals surface area contributed by atoms with E-state index in [-0.39, 0.29) is 11.6 Å². The minimum Gasteiger partial charge on any atom is -0.368 e. The maximum Gasteiger partial charge on any atom is 0.298 e. The number of allylic oxidation sites excluding steroid dienone is 6. The molecule has 27 heavy (non-hydrogen) atoms. The van der Waals surface area contributed by atoms with Gasteiger partial charge in [0.05, 0.1) is 17.3 Å². The number of rotatable bonds is 6. The second-order valence-corrected chi connectivity index (χ2v) is 8.09. The van der Waals surface area contributed by atoms with Crippen LogP contribution in [0.1, 0.15) is 32.6 Å². The summed E-state index contributed by atoms with van der Waals surface area (Å²) in [5.74, 6) is 4.87. The Hall–Kier alpha value is -1.92. The second-order valence-electron chi connectivity index (χ2n) is 7.37. The molecule has 1 aliphatic heterocycles. The van der Waals surface area contributed by atoms with Crippen molar-refractivity contribution >= 4 is 15.0 Å². The number of hydrogen-bond acceptors (Lipinski definition) is 3. The molecule has 2 aliphatic carbocycles. The van der Waals surface area contributed by atoms with Gasteiger partial charge >= 0.3 is 0 Å². The summed E-state index contributed by atoms with van der Waals surface area (Å²) in [6, 6.07) is 3.08. The third-order valence-corrected chi connectivity index (χ3v) is 5.67. The molecular formula is C21H26F2N3P. The van der Waals surface area contributed by atoms with Gasteiger partial charge in [0.25, 0.3) is 5.66 Å². The summed E-state index contributed by atoms with van der Waals surface area (Å²) in [5, 5.41) is 5.96. The Kier molecular flexibility index (Phi) is 6.17. The molecular weight excluding hydrogens is 363 g/mol. The van der Waals surface area contributed by atoms with Gasteiger partial charge in [-0.15, -0.1) is 0 Å². The highest BCUT2D eigenvalue weighted by atomic mass is 31.0. The van der Waals surface area contributed by atoms with E-state index >= 15 is 0 Å². The Morgan fingerprint density at radius 1 is 1.44 bits per heavy atom. The molecule has 2 saturated carbocycles. The summed E-state index contributed by atoms with van der Waals surface area (Å²) in [6.07, 6.45) is 13.6. The van der Waals surface area contributed by atoms with Crippen LogP contribution in [0.5, 0.6) is 0 Å². The monoisotopic (exact) mass is 389 g/mol. The third kappa shape index (κ3) is 5.08. The SMILES string of the molecule is C=C(/N=C(\C=C/C)C1C#CN/C(C(F)(F)P)=C\C=C/1)NC1CC2CCC1C2. The molecule has 144 valence electrons. The topological polar surface area (TPSA) is 36.4 Å². The number of fused-ring (bicyclic) bond motifs is 2. The Morgan fingerprint density at radius 2 is 2.26 bits per heavy atom. The molecule has 3 aliphatic rings. The summed E-state index contributed by atoms with van der Waals surface area (Å²) in [7, 11) is 1.51. The van der Waals surface area contributed by atoms with Gasteiger partial charge in [0, 0.05) is 12.1 Å². The molecule has 0 aromatic carbocycles. The van der Waals surface area contributed by atoms with E-state index in [2.05, 4.69) is 34.2 Å². The zero-order chi connectivity index (χ0) is 19.4. The van der Waals surface area contributed by atoms with Crippen molar-refractivity contribution in [3.05, 3.63) is 48.5 Å². The van der Waals surface area contributed by atoms with Crippen LogP contribution in [0.3, 0.4) is 0 Å². The van der Waals surface area contributed by atoms with Crippen molar-refractivity contribution in [1.82, 2.24) is 10.6 Å². The molecule has 2 fully saturated rings. The number of hydrogen-bond donors (Lipinski definition) is 2. The molecule has 2 bridgehead atoms. The van der Waals surface area contributed by atoms with Crippen molar-refractivity contribution in [2.24, 2.45) is 22.7 Å². The average Bonchev–Trinajstić information content (AvgIpc) is 3.16. The van der Waals surface area contributed by atoms with E-state index in [1.54, 1.807) is 12.2 Å². The fourth-order valence-electron chi connectivity index (χ4n) is 4.11. The van der Waals surface area contributed by atoms with Crippen molar-refractivity contribution in [3.8, 4) is 12.0 Å². The molecule has 5 unspecified atom stereocenters.